The maximum atomic E-state index is 12.2. The van der Waals surface area contributed by atoms with E-state index in [1.807, 2.05) is 0 Å². The van der Waals surface area contributed by atoms with Crippen LogP contribution in [0.25, 0.3) is 0 Å². The highest BCUT2D eigenvalue weighted by atomic mass is 16.1. The zero-order valence-electron chi connectivity index (χ0n) is 12.6. The predicted octanol–water partition coefficient (Wildman–Crippen LogP) is 0.864. The molecule has 0 unspecified atom stereocenters. The molecule has 0 fully saturated rings. The Kier molecular flexibility index (Phi) is 4.15. The van der Waals surface area contributed by atoms with Gasteiger partial charge in [-0.15, -0.1) is 10.2 Å². The van der Waals surface area contributed by atoms with E-state index in [1.165, 1.54) is 0 Å². The molecule has 8 heteroatoms. The minimum atomic E-state index is -0.204. The van der Waals surface area contributed by atoms with E-state index in [9.17, 15) is 4.79 Å². The van der Waals surface area contributed by atoms with Crippen LogP contribution in [-0.2, 0) is 12.0 Å². The fraction of sp³-hybridized carbons (Fsp3) is 0.462. The van der Waals surface area contributed by atoms with E-state index in [0.29, 0.717) is 17.2 Å². The Hall–Kier alpha value is -2.51. The molecule has 0 bridgehead atoms. The molecule has 0 aliphatic carbocycles. The molecule has 0 radical (unpaired) electrons. The van der Waals surface area contributed by atoms with Crippen molar-refractivity contribution in [1.29, 1.82) is 0 Å². The van der Waals surface area contributed by atoms with Crippen LogP contribution in [0.2, 0.25) is 0 Å². The Morgan fingerprint density at radius 3 is 2.67 bits per heavy atom. The summed E-state index contributed by atoms with van der Waals surface area (Å²) in [6.07, 6.45) is 0. The highest BCUT2D eigenvalue weighted by Crippen LogP contribution is 2.23. The Balaban J connectivity index is 2.19. The van der Waals surface area contributed by atoms with E-state index in [1.54, 1.807) is 19.2 Å². The number of tetrazole rings is 1. The molecule has 0 spiro atoms. The molecule has 3 N–H and O–H groups in total. The highest BCUT2D eigenvalue weighted by molar-refractivity contribution is 5.95. The number of rotatable bonds is 4. The number of aromatic amines is 1. The summed E-state index contributed by atoms with van der Waals surface area (Å²) >= 11 is 0. The van der Waals surface area contributed by atoms with Crippen molar-refractivity contribution in [3.05, 3.63) is 29.2 Å². The Bertz CT molecular complexity index is 616. The minimum Gasteiger partial charge on any atom is -0.373 e. The molecule has 2 aromatic heterocycles. The van der Waals surface area contributed by atoms with Gasteiger partial charge < -0.3 is 10.6 Å². The number of hydrogen-bond acceptors (Lipinski definition) is 6. The summed E-state index contributed by atoms with van der Waals surface area (Å²) in [5.41, 5.74) is 1.25. The molecule has 0 saturated carbocycles. The molecule has 2 aromatic rings. The van der Waals surface area contributed by atoms with Gasteiger partial charge in [0.15, 0.2) is 5.82 Å². The number of nitrogens with one attached hydrogen (secondary N) is 3. The van der Waals surface area contributed by atoms with Crippen molar-refractivity contribution in [3.63, 3.8) is 0 Å². The van der Waals surface area contributed by atoms with Gasteiger partial charge in [0, 0.05) is 23.7 Å². The van der Waals surface area contributed by atoms with Gasteiger partial charge in [-0.1, -0.05) is 26.0 Å². The summed E-state index contributed by atoms with van der Waals surface area (Å²) in [5.74, 6) is 0.888. The van der Waals surface area contributed by atoms with E-state index >= 15 is 0 Å². The molecule has 21 heavy (non-hydrogen) atoms. The second-order valence-corrected chi connectivity index (χ2v) is 5.64. The minimum absolute atomic E-state index is 0.143. The van der Waals surface area contributed by atoms with Gasteiger partial charge in [0.1, 0.15) is 5.82 Å². The molecular weight excluding hydrogens is 270 g/mol. The fourth-order valence-electron chi connectivity index (χ4n) is 1.69. The number of carbonyl (C=O) groups excluding carboxylic acids is 1. The van der Waals surface area contributed by atoms with Crippen LogP contribution in [0.1, 0.15) is 42.6 Å². The zero-order valence-corrected chi connectivity index (χ0v) is 12.6. The second-order valence-electron chi connectivity index (χ2n) is 5.64. The van der Waals surface area contributed by atoms with Gasteiger partial charge >= 0.3 is 0 Å². The smallest absolute Gasteiger partial charge is 0.251 e. The van der Waals surface area contributed by atoms with Gasteiger partial charge in [-0.05, 0) is 12.1 Å². The summed E-state index contributed by atoms with van der Waals surface area (Å²) in [6.45, 7) is 6.37. The lowest BCUT2D eigenvalue weighted by Gasteiger charge is -2.19. The van der Waals surface area contributed by atoms with Crippen molar-refractivity contribution < 1.29 is 4.79 Å². The second kappa shape index (κ2) is 5.86. The first-order valence-electron chi connectivity index (χ1n) is 6.61. The van der Waals surface area contributed by atoms with Crippen LogP contribution in [0.15, 0.2) is 12.1 Å². The van der Waals surface area contributed by atoms with Crippen molar-refractivity contribution in [2.75, 3.05) is 12.4 Å². The maximum Gasteiger partial charge on any atom is 0.251 e. The van der Waals surface area contributed by atoms with Crippen LogP contribution in [0, 0.1) is 0 Å². The third-order valence-corrected chi connectivity index (χ3v) is 2.91. The third-order valence-electron chi connectivity index (χ3n) is 2.91. The van der Waals surface area contributed by atoms with E-state index in [4.69, 9.17) is 0 Å². The summed E-state index contributed by atoms with van der Waals surface area (Å²) in [6, 6.07) is 3.51. The Morgan fingerprint density at radius 1 is 1.33 bits per heavy atom. The summed E-state index contributed by atoms with van der Waals surface area (Å²) in [5, 5.41) is 19.1. The molecule has 0 atom stereocenters. The topological polar surface area (TPSA) is 108 Å². The molecule has 0 saturated heterocycles. The number of H-pyrrole nitrogens is 1. The van der Waals surface area contributed by atoms with E-state index in [2.05, 4.69) is 57.0 Å². The van der Waals surface area contributed by atoms with Gasteiger partial charge in [-0.3, -0.25) is 4.79 Å². The number of carbonyl (C=O) groups is 1. The van der Waals surface area contributed by atoms with Crippen LogP contribution in [0.5, 0.6) is 0 Å². The number of aromatic nitrogens is 5. The monoisotopic (exact) mass is 289 g/mol. The van der Waals surface area contributed by atoms with Gasteiger partial charge in [0.05, 0.1) is 6.54 Å². The maximum absolute atomic E-state index is 12.2. The van der Waals surface area contributed by atoms with Gasteiger partial charge in [-0.2, -0.15) is 5.21 Å². The van der Waals surface area contributed by atoms with Crippen molar-refractivity contribution in [2.24, 2.45) is 0 Å². The highest BCUT2D eigenvalue weighted by Gasteiger charge is 2.19. The van der Waals surface area contributed by atoms with E-state index in [0.717, 1.165) is 5.69 Å². The Morgan fingerprint density at radius 2 is 2.10 bits per heavy atom. The van der Waals surface area contributed by atoms with Crippen LogP contribution < -0.4 is 10.6 Å². The van der Waals surface area contributed by atoms with E-state index in [-0.39, 0.29) is 17.9 Å². The summed E-state index contributed by atoms with van der Waals surface area (Å²) in [7, 11) is 1.77. The molecule has 0 aliphatic heterocycles. The molecule has 0 aliphatic rings. The van der Waals surface area contributed by atoms with Crippen molar-refractivity contribution >= 4 is 11.7 Å². The van der Waals surface area contributed by atoms with Crippen LogP contribution in [0.3, 0.4) is 0 Å². The molecule has 1 amide bonds. The quantitative estimate of drug-likeness (QED) is 0.770. The van der Waals surface area contributed by atoms with Gasteiger partial charge in [0.25, 0.3) is 5.91 Å². The first-order valence-corrected chi connectivity index (χ1v) is 6.61. The number of pyridine rings is 1. The average Bonchev–Trinajstić information content (AvgIpc) is 2.96. The molecule has 8 nitrogen and oxygen atoms in total. The van der Waals surface area contributed by atoms with Crippen molar-refractivity contribution in [2.45, 2.75) is 32.7 Å². The third kappa shape index (κ3) is 3.74. The lowest BCUT2D eigenvalue weighted by atomic mass is 9.90. The molecule has 2 heterocycles. The number of nitrogens with zero attached hydrogens (tertiary/aromatic N) is 4. The summed E-state index contributed by atoms with van der Waals surface area (Å²) < 4.78 is 0. The zero-order chi connectivity index (χ0) is 15.5. The van der Waals surface area contributed by atoms with Gasteiger partial charge in [-0.25, -0.2) is 4.98 Å². The largest absolute Gasteiger partial charge is 0.373 e. The number of anilines is 1. The number of hydrogen-bond donors (Lipinski definition) is 3. The lowest BCUT2D eigenvalue weighted by molar-refractivity contribution is 0.0949. The molecule has 2 rings (SSSR count). The molecular formula is C13H19N7O. The number of amides is 1. The standard InChI is InChI=1S/C13H19N7O/c1-13(2,3)9-5-8(6-10(14-4)16-9)12(21)15-7-11-17-19-20-18-11/h5-6H,7H2,1-4H3,(H,14,16)(H,15,21)(H,17,18,19,20). The first-order chi connectivity index (χ1) is 9.90. The van der Waals surface area contributed by atoms with Crippen LogP contribution >= 0.6 is 0 Å². The molecule has 0 aromatic carbocycles. The van der Waals surface area contributed by atoms with Crippen molar-refractivity contribution in [1.82, 2.24) is 30.9 Å². The lowest BCUT2D eigenvalue weighted by Crippen LogP contribution is -2.25. The average molecular weight is 289 g/mol. The van der Waals surface area contributed by atoms with Crippen LogP contribution in [0.4, 0.5) is 5.82 Å². The predicted molar refractivity (Wildman–Crippen MR) is 77.8 cm³/mol. The first kappa shape index (κ1) is 14.9. The Labute approximate surface area is 122 Å². The normalized spacial score (nSPS) is 11.2. The van der Waals surface area contributed by atoms with Crippen molar-refractivity contribution in [3.8, 4) is 0 Å². The van der Waals surface area contributed by atoms with Crippen LogP contribution in [-0.4, -0.2) is 38.6 Å². The molecule has 112 valence electrons. The van der Waals surface area contributed by atoms with E-state index < -0.39 is 0 Å². The summed E-state index contributed by atoms with van der Waals surface area (Å²) in [4.78, 5) is 16.7. The SMILES string of the molecule is CNc1cc(C(=O)NCc2nn[nH]n2)cc(C(C)(C)C)n1. The van der Waals surface area contributed by atoms with Gasteiger partial charge in [0.2, 0.25) is 0 Å². The fourth-order valence-corrected chi connectivity index (χ4v) is 1.69.